The second kappa shape index (κ2) is 4.85. The molecule has 1 saturated carbocycles. The minimum atomic E-state index is -0.371. The van der Waals surface area contributed by atoms with Crippen LogP contribution in [-0.4, -0.2) is 18.0 Å². The summed E-state index contributed by atoms with van der Waals surface area (Å²) in [6, 6.07) is 7.38. The second-order valence-corrected chi connectivity index (χ2v) is 4.88. The smallest absolute Gasteiger partial charge is 0.145 e. The standard InChI is InChI=1S/C14H17FN2/c1-10(11-6-7-11)17(2)9-13-5-3-4-12(8-16)14(13)15/h3-5,10-11H,6-7,9H2,1-2H3. The first kappa shape index (κ1) is 12.1. The minimum absolute atomic E-state index is 0.134. The van der Waals surface area contributed by atoms with Crippen LogP contribution in [0.4, 0.5) is 4.39 Å². The van der Waals surface area contributed by atoms with Crippen molar-refractivity contribution in [2.24, 2.45) is 5.92 Å². The fourth-order valence-electron chi connectivity index (χ4n) is 2.14. The maximum absolute atomic E-state index is 13.9. The van der Waals surface area contributed by atoms with E-state index >= 15 is 0 Å². The van der Waals surface area contributed by atoms with Crippen molar-refractivity contribution in [3.05, 3.63) is 35.1 Å². The molecule has 0 bridgehead atoms. The van der Waals surface area contributed by atoms with E-state index in [9.17, 15) is 4.39 Å². The fraction of sp³-hybridized carbons (Fsp3) is 0.500. The van der Waals surface area contributed by atoms with Crippen LogP contribution in [0.1, 0.15) is 30.9 Å². The molecular formula is C14H17FN2. The first-order chi connectivity index (χ1) is 8.13. The van der Waals surface area contributed by atoms with Crippen LogP contribution in [0.3, 0.4) is 0 Å². The molecule has 1 aliphatic carbocycles. The first-order valence-electron chi connectivity index (χ1n) is 6.01. The molecule has 0 aliphatic heterocycles. The van der Waals surface area contributed by atoms with Crippen LogP contribution in [0.25, 0.3) is 0 Å². The summed E-state index contributed by atoms with van der Waals surface area (Å²) >= 11 is 0. The SMILES string of the molecule is CC(C1CC1)N(C)Cc1cccc(C#N)c1F. The van der Waals surface area contributed by atoms with Crippen LogP contribution in [-0.2, 0) is 6.54 Å². The van der Waals surface area contributed by atoms with E-state index in [1.54, 1.807) is 12.1 Å². The number of benzene rings is 1. The Balaban J connectivity index is 2.10. The molecule has 1 aliphatic rings. The van der Waals surface area contributed by atoms with Crippen molar-refractivity contribution >= 4 is 0 Å². The number of hydrogen-bond acceptors (Lipinski definition) is 2. The van der Waals surface area contributed by atoms with Crippen molar-refractivity contribution in [2.45, 2.75) is 32.4 Å². The molecule has 1 aromatic carbocycles. The van der Waals surface area contributed by atoms with Crippen LogP contribution in [0.15, 0.2) is 18.2 Å². The van der Waals surface area contributed by atoms with Gasteiger partial charge in [-0.3, -0.25) is 4.90 Å². The van der Waals surface area contributed by atoms with Crippen molar-refractivity contribution in [3.63, 3.8) is 0 Å². The Hall–Kier alpha value is -1.40. The highest BCUT2D eigenvalue weighted by molar-refractivity contribution is 5.34. The summed E-state index contributed by atoms with van der Waals surface area (Å²) in [5.74, 6) is 0.395. The Kier molecular flexibility index (Phi) is 3.44. The number of rotatable bonds is 4. The third-order valence-electron chi connectivity index (χ3n) is 3.62. The summed E-state index contributed by atoms with van der Waals surface area (Å²) < 4.78 is 13.9. The van der Waals surface area contributed by atoms with E-state index < -0.39 is 0 Å². The van der Waals surface area contributed by atoms with Gasteiger partial charge >= 0.3 is 0 Å². The molecule has 0 saturated heterocycles. The van der Waals surface area contributed by atoms with Crippen molar-refractivity contribution in [1.29, 1.82) is 5.26 Å². The summed E-state index contributed by atoms with van der Waals surface area (Å²) in [7, 11) is 2.02. The van der Waals surface area contributed by atoms with Crippen molar-refractivity contribution in [3.8, 4) is 6.07 Å². The van der Waals surface area contributed by atoms with E-state index in [2.05, 4.69) is 11.8 Å². The molecule has 17 heavy (non-hydrogen) atoms. The van der Waals surface area contributed by atoms with Gasteiger partial charge in [-0.15, -0.1) is 0 Å². The normalized spacial score (nSPS) is 16.9. The average Bonchev–Trinajstić information content (AvgIpc) is 3.15. The number of hydrogen-bond donors (Lipinski definition) is 0. The van der Waals surface area contributed by atoms with Gasteiger partial charge in [0.1, 0.15) is 11.9 Å². The second-order valence-electron chi connectivity index (χ2n) is 4.88. The molecule has 1 fully saturated rings. The summed E-state index contributed by atoms with van der Waals surface area (Å²) in [6.45, 7) is 2.75. The Morgan fingerprint density at radius 3 is 2.82 bits per heavy atom. The molecular weight excluding hydrogens is 215 g/mol. The van der Waals surface area contributed by atoms with E-state index in [1.807, 2.05) is 13.1 Å². The third-order valence-corrected chi connectivity index (χ3v) is 3.62. The summed E-state index contributed by atoms with van der Waals surface area (Å²) in [4.78, 5) is 2.16. The lowest BCUT2D eigenvalue weighted by Crippen LogP contribution is -2.30. The number of halogens is 1. The lowest BCUT2D eigenvalue weighted by Gasteiger charge is -2.24. The Bertz CT molecular complexity index is 446. The lowest BCUT2D eigenvalue weighted by atomic mass is 10.1. The van der Waals surface area contributed by atoms with Gasteiger partial charge < -0.3 is 0 Å². The van der Waals surface area contributed by atoms with E-state index in [0.717, 1.165) is 5.92 Å². The number of nitrogens with zero attached hydrogens (tertiary/aromatic N) is 2. The molecule has 2 rings (SSSR count). The van der Waals surface area contributed by atoms with Gasteiger partial charge in [0.25, 0.3) is 0 Å². The zero-order valence-electron chi connectivity index (χ0n) is 10.3. The van der Waals surface area contributed by atoms with Crippen molar-refractivity contribution in [1.82, 2.24) is 4.90 Å². The molecule has 0 heterocycles. The molecule has 0 spiro atoms. The lowest BCUT2D eigenvalue weighted by molar-refractivity contribution is 0.224. The molecule has 1 aromatic rings. The van der Waals surface area contributed by atoms with Crippen molar-refractivity contribution < 1.29 is 4.39 Å². The summed E-state index contributed by atoms with van der Waals surface area (Å²) in [5.41, 5.74) is 0.744. The Morgan fingerprint density at radius 2 is 2.24 bits per heavy atom. The number of nitriles is 1. The average molecular weight is 232 g/mol. The first-order valence-corrected chi connectivity index (χ1v) is 6.01. The van der Waals surface area contributed by atoms with E-state index in [1.165, 1.54) is 18.9 Å². The largest absolute Gasteiger partial charge is 0.299 e. The third kappa shape index (κ3) is 2.65. The molecule has 3 heteroatoms. The van der Waals surface area contributed by atoms with Gasteiger partial charge in [-0.05, 0) is 38.8 Å². The molecule has 1 unspecified atom stereocenters. The molecule has 1 atom stereocenters. The Morgan fingerprint density at radius 1 is 1.53 bits per heavy atom. The minimum Gasteiger partial charge on any atom is -0.299 e. The van der Waals surface area contributed by atoms with Crippen LogP contribution in [0.2, 0.25) is 0 Å². The summed E-state index contributed by atoms with van der Waals surface area (Å²) in [5, 5.41) is 8.78. The summed E-state index contributed by atoms with van der Waals surface area (Å²) in [6.07, 6.45) is 2.57. The topological polar surface area (TPSA) is 27.0 Å². The van der Waals surface area contributed by atoms with Gasteiger partial charge in [0.15, 0.2) is 0 Å². The zero-order valence-corrected chi connectivity index (χ0v) is 10.3. The molecule has 0 aromatic heterocycles. The van der Waals surface area contributed by atoms with Gasteiger partial charge in [-0.25, -0.2) is 4.39 Å². The van der Waals surface area contributed by atoms with Crippen LogP contribution in [0.5, 0.6) is 0 Å². The molecule has 0 N–H and O–H groups in total. The van der Waals surface area contributed by atoms with E-state index in [-0.39, 0.29) is 11.4 Å². The van der Waals surface area contributed by atoms with Crippen LogP contribution in [0, 0.1) is 23.1 Å². The molecule has 0 radical (unpaired) electrons. The van der Waals surface area contributed by atoms with Gasteiger partial charge in [0.2, 0.25) is 0 Å². The highest BCUT2D eigenvalue weighted by atomic mass is 19.1. The quantitative estimate of drug-likeness (QED) is 0.798. The highest BCUT2D eigenvalue weighted by Gasteiger charge is 2.30. The molecule has 90 valence electrons. The van der Waals surface area contributed by atoms with Gasteiger partial charge in [0, 0.05) is 18.2 Å². The fourth-order valence-corrected chi connectivity index (χ4v) is 2.14. The monoisotopic (exact) mass is 232 g/mol. The highest BCUT2D eigenvalue weighted by Crippen LogP contribution is 2.35. The van der Waals surface area contributed by atoms with Gasteiger partial charge in [0.05, 0.1) is 5.56 Å². The van der Waals surface area contributed by atoms with Crippen molar-refractivity contribution in [2.75, 3.05) is 7.05 Å². The molecule has 0 amide bonds. The maximum atomic E-state index is 13.9. The van der Waals surface area contributed by atoms with Crippen LogP contribution >= 0.6 is 0 Å². The van der Waals surface area contributed by atoms with Gasteiger partial charge in [-0.2, -0.15) is 5.26 Å². The predicted molar refractivity (Wildman–Crippen MR) is 64.8 cm³/mol. The Labute approximate surface area is 102 Å². The van der Waals surface area contributed by atoms with Crippen LogP contribution < -0.4 is 0 Å². The van der Waals surface area contributed by atoms with Gasteiger partial charge in [-0.1, -0.05) is 12.1 Å². The van der Waals surface area contributed by atoms with E-state index in [4.69, 9.17) is 5.26 Å². The zero-order chi connectivity index (χ0) is 12.4. The molecule has 2 nitrogen and oxygen atoms in total. The van der Waals surface area contributed by atoms with E-state index in [0.29, 0.717) is 18.2 Å². The maximum Gasteiger partial charge on any atom is 0.145 e. The predicted octanol–water partition coefficient (Wildman–Crippen LogP) is 2.93.